The quantitative estimate of drug-likeness (QED) is 0.681. The van der Waals surface area contributed by atoms with E-state index in [0.29, 0.717) is 24.6 Å². The number of hydrogen-bond donors (Lipinski definition) is 0. The standard InChI is InChI=1S/C20H27N3O4S/c1-14-11-16(15(2)22(14)9-10-27-3)12-17-19(25)23(20(26)28-17)13-18(24)21-7-5-4-6-8-21/h11-12H,4-10,13H2,1-3H3. The number of nitrogens with zero attached hydrogens (tertiary/aromatic N) is 3. The maximum absolute atomic E-state index is 12.7. The number of aromatic nitrogens is 1. The molecule has 1 aromatic rings. The molecule has 28 heavy (non-hydrogen) atoms. The van der Waals surface area contributed by atoms with Crippen molar-refractivity contribution in [1.29, 1.82) is 0 Å². The minimum absolute atomic E-state index is 0.152. The highest BCUT2D eigenvalue weighted by Gasteiger charge is 2.37. The zero-order valence-electron chi connectivity index (χ0n) is 16.7. The molecule has 0 atom stereocenters. The lowest BCUT2D eigenvalue weighted by molar-refractivity contribution is -0.136. The predicted molar refractivity (Wildman–Crippen MR) is 109 cm³/mol. The summed E-state index contributed by atoms with van der Waals surface area (Å²) >= 11 is 0.901. The van der Waals surface area contributed by atoms with E-state index < -0.39 is 0 Å². The van der Waals surface area contributed by atoms with Crippen molar-refractivity contribution in [2.45, 2.75) is 39.7 Å². The van der Waals surface area contributed by atoms with Crippen LogP contribution in [0.25, 0.3) is 6.08 Å². The third kappa shape index (κ3) is 4.33. The zero-order chi connectivity index (χ0) is 20.3. The van der Waals surface area contributed by atoms with Crippen LogP contribution in [0.15, 0.2) is 11.0 Å². The van der Waals surface area contributed by atoms with Gasteiger partial charge in [0.2, 0.25) is 5.91 Å². The number of methoxy groups -OCH3 is 1. The highest BCUT2D eigenvalue weighted by Crippen LogP contribution is 2.33. The molecule has 3 amide bonds. The lowest BCUT2D eigenvalue weighted by atomic mass is 10.1. The van der Waals surface area contributed by atoms with Gasteiger partial charge in [-0.3, -0.25) is 19.3 Å². The summed E-state index contributed by atoms with van der Waals surface area (Å²) in [6.07, 6.45) is 4.83. The molecular formula is C20H27N3O4S. The Morgan fingerprint density at radius 1 is 1.21 bits per heavy atom. The smallest absolute Gasteiger partial charge is 0.294 e. The maximum Gasteiger partial charge on any atom is 0.294 e. The lowest BCUT2D eigenvalue weighted by Gasteiger charge is -2.27. The third-order valence-corrected chi connectivity index (χ3v) is 6.20. The number of imide groups is 1. The van der Waals surface area contributed by atoms with Gasteiger partial charge in [-0.25, -0.2) is 0 Å². The van der Waals surface area contributed by atoms with Crippen molar-refractivity contribution in [3.63, 3.8) is 0 Å². The summed E-state index contributed by atoms with van der Waals surface area (Å²) < 4.78 is 7.27. The molecule has 0 radical (unpaired) electrons. The van der Waals surface area contributed by atoms with Crippen molar-refractivity contribution in [2.75, 3.05) is 33.4 Å². The van der Waals surface area contributed by atoms with E-state index >= 15 is 0 Å². The number of ether oxygens (including phenoxy) is 1. The van der Waals surface area contributed by atoms with Crippen LogP contribution in [0.1, 0.15) is 36.2 Å². The topological polar surface area (TPSA) is 71.8 Å². The van der Waals surface area contributed by atoms with Crippen molar-refractivity contribution >= 4 is 34.9 Å². The summed E-state index contributed by atoms with van der Waals surface area (Å²) in [5.74, 6) is -0.539. The molecule has 152 valence electrons. The van der Waals surface area contributed by atoms with Gasteiger partial charge in [0.05, 0.1) is 11.5 Å². The molecule has 1 aromatic heterocycles. The van der Waals surface area contributed by atoms with Gasteiger partial charge in [0.15, 0.2) is 0 Å². The largest absolute Gasteiger partial charge is 0.383 e. The fourth-order valence-electron chi connectivity index (χ4n) is 3.66. The van der Waals surface area contributed by atoms with Gasteiger partial charge in [-0.15, -0.1) is 0 Å². The fourth-order valence-corrected chi connectivity index (χ4v) is 4.49. The second kappa shape index (κ2) is 8.96. The summed E-state index contributed by atoms with van der Waals surface area (Å²) in [5.41, 5.74) is 2.99. The Bertz CT molecular complexity index is 809. The van der Waals surface area contributed by atoms with E-state index in [1.165, 1.54) is 0 Å². The normalized spacial score (nSPS) is 19.2. The SMILES string of the molecule is COCCn1c(C)cc(C=C2SC(=O)N(CC(=O)N3CCCCC3)C2=O)c1C. The van der Waals surface area contributed by atoms with Gasteiger partial charge in [-0.1, -0.05) is 0 Å². The van der Waals surface area contributed by atoms with E-state index in [-0.39, 0.29) is 23.6 Å². The van der Waals surface area contributed by atoms with Crippen LogP contribution in [0.2, 0.25) is 0 Å². The minimum Gasteiger partial charge on any atom is -0.383 e. The number of hydrogen-bond acceptors (Lipinski definition) is 5. The number of aryl methyl sites for hydroxylation is 1. The maximum atomic E-state index is 12.7. The van der Waals surface area contributed by atoms with Crippen LogP contribution >= 0.6 is 11.8 Å². The first kappa shape index (κ1) is 20.7. The Morgan fingerprint density at radius 2 is 1.93 bits per heavy atom. The average Bonchev–Trinajstić information content (AvgIpc) is 3.10. The Hall–Kier alpha value is -2.06. The molecule has 7 nitrogen and oxygen atoms in total. The van der Waals surface area contributed by atoms with E-state index in [1.54, 1.807) is 18.1 Å². The van der Waals surface area contributed by atoms with Crippen LogP contribution in [0.4, 0.5) is 4.79 Å². The number of piperidine rings is 1. The average molecular weight is 406 g/mol. The molecular weight excluding hydrogens is 378 g/mol. The van der Waals surface area contributed by atoms with E-state index in [4.69, 9.17) is 4.74 Å². The highest BCUT2D eigenvalue weighted by molar-refractivity contribution is 8.18. The first-order valence-electron chi connectivity index (χ1n) is 9.61. The molecule has 2 saturated heterocycles. The predicted octanol–water partition coefficient (Wildman–Crippen LogP) is 2.80. The summed E-state index contributed by atoms with van der Waals surface area (Å²) in [5, 5.41) is -0.380. The number of amides is 3. The molecule has 0 unspecified atom stereocenters. The number of carbonyl (C=O) groups excluding carboxylic acids is 3. The molecule has 3 heterocycles. The van der Waals surface area contributed by atoms with Crippen molar-refractivity contribution in [3.05, 3.63) is 27.9 Å². The van der Waals surface area contributed by atoms with Gasteiger partial charge < -0.3 is 14.2 Å². The molecule has 8 heteroatoms. The third-order valence-electron chi connectivity index (χ3n) is 5.29. The molecule has 0 saturated carbocycles. The Balaban J connectivity index is 1.73. The van der Waals surface area contributed by atoms with Gasteiger partial charge in [-0.05, 0) is 62.6 Å². The molecule has 0 spiro atoms. The van der Waals surface area contributed by atoms with Gasteiger partial charge in [0, 0.05) is 38.1 Å². The van der Waals surface area contributed by atoms with Crippen molar-refractivity contribution < 1.29 is 19.1 Å². The summed E-state index contributed by atoms with van der Waals surface area (Å²) in [6, 6.07) is 2.00. The monoisotopic (exact) mass is 405 g/mol. The van der Waals surface area contributed by atoms with E-state index in [1.807, 2.05) is 19.9 Å². The second-order valence-corrected chi connectivity index (χ2v) is 8.17. The molecule has 2 fully saturated rings. The molecule has 0 aromatic carbocycles. The Kier molecular flexibility index (Phi) is 6.61. The van der Waals surface area contributed by atoms with E-state index in [9.17, 15) is 14.4 Å². The molecule has 0 aliphatic carbocycles. The number of rotatable bonds is 6. The van der Waals surface area contributed by atoms with Crippen LogP contribution in [0, 0.1) is 13.8 Å². The first-order chi connectivity index (χ1) is 13.4. The Labute approximate surface area is 169 Å². The van der Waals surface area contributed by atoms with Crippen molar-refractivity contribution in [3.8, 4) is 0 Å². The summed E-state index contributed by atoms with van der Waals surface area (Å²) in [4.78, 5) is 40.7. The van der Waals surface area contributed by atoms with Crippen molar-refractivity contribution in [1.82, 2.24) is 14.4 Å². The molecule has 0 N–H and O–H groups in total. The number of likely N-dealkylation sites (tertiary alicyclic amines) is 1. The molecule has 3 rings (SSSR count). The van der Waals surface area contributed by atoms with Crippen molar-refractivity contribution in [2.24, 2.45) is 0 Å². The number of thioether (sulfide) groups is 1. The number of carbonyl (C=O) groups is 3. The Morgan fingerprint density at radius 3 is 2.61 bits per heavy atom. The fraction of sp³-hybridized carbons (Fsp3) is 0.550. The van der Waals surface area contributed by atoms with Crippen LogP contribution in [0.3, 0.4) is 0 Å². The zero-order valence-corrected chi connectivity index (χ0v) is 17.5. The van der Waals surface area contributed by atoms with Gasteiger partial charge in [0.25, 0.3) is 11.1 Å². The summed E-state index contributed by atoms with van der Waals surface area (Å²) in [7, 11) is 1.66. The van der Waals surface area contributed by atoms with Gasteiger partial charge >= 0.3 is 0 Å². The van der Waals surface area contributed by atoms with Gasteiger partial charge in [-0.2, -0.15) is 0 Å². The highest BCUT2D eigenvalue weighted by atomic mass is 32.2. The van der Waals surface area contributed by atoms with Crippen LogP contribution in [-0.2, 0) is 20.9 Å². The van der Waals surface area contributed by atoms with Crippen LogP contribution < -0.4 is 0 Å². The molecule has 0 bridgehead atoms. The minimum atomic E-state index is -0.387. The van der Waals surface area contributed by atoms with Crippen LogP contribution in [0.5, 0.6) is 0 Å². The lowest BCUT2D eigenvalue weighted by Crippen LogP contribution is -2.44. The molecule has 2 aliphatic rings. The van der Waals surface area contributed by atoms with Gasteiger partial charge in [0.1, 0.15) is 6.54 Å². The second-order valence-electron chi connectivity index (χ2n) is 7.18. The summed E-state index contributed by atoms with van der Waals surface area (Å²) in [6.45, 7) is 6.56. The van der Waals surface area contributed by atoms with Crippen LogP contribution in [-0.4, -0.2) is 64.8 Å². The first-order valence-corrected chi connectivity index (χ1v) is 10.4. The van der Waals surface area contributed by atoms with E-state index in [0.717, 1.165) is 59.4 Å². The van der Waals surface area contributed by atoms with E-state index in [2.05, 4.69) is 4.57 Å². The molecule has 2 aliphatic heterocycles.